The minimum Gasteiger partial charge on any atom is -0.478 e. The number of nitrogens with zero attached hydrogens (tertiary/aromatic N) is 1. The second-order valence-corrected chi connectivity index (χ2v) is 5.83. The summed E-state index contributed by atoms with van der Waals surface area (Å²) < 4.78 is 26.5. The van der Waals surface area contributed by atoms with Crippen LogP contribution in [0.2, 0.25) is 5.15 Å². The molecule has 20 heavy (non-hydrogen) atoms. The minimum atomic E-state index is -3.92. The zero-order chi connectivity index (χ0) is 14.8. The largest absolute Gasteiger partial charge is 0.478 e. The van der Waals surface area contributed by atoms with Gasteiger partial charge in [0.25, 0.3) is 10.0 Å². The number of hydrogen-bond acceptors (Lipinski definition) is 4. The van der Waals surface area contributed by atoms with Crippen LogP contribution in [0.3, 0.4) is 0 Å². The van der Waals surface area contributed by atoms with Crippen molar-refractivity contribution >= 4 is 33.3 Å². The fraction of sp³-hybridized carbons (Fsp3) is 0. The number of carboxylic acid groups (broad SMARTS) is 1. The number of sulfonamides is 1. The Hall–Kier alpha value is -2.12. The summed E-state index contributed by atoms with van der Waals surface area (Å²) in [6.45, 7) is 0. The maximum absolute atomic E-state index is 12.1. The Morgan fingerprint density at radius 1 is 1.25 bits per heavy atom. The first-order valence-corrected chi connectivity index (χ1v) is 7.23. The molecule has 0 aliphatic carbocycles. The van der Waals surface area contributed by atoms with Gasteiger partial charge >= 0.3 is 5.97 Å². The van der Waals surface area contributed by atoms with Crippen molar-refractivity contribution in [3.63, 3.8) is 0 Å². The molecule has 0 spiro atoms. The predicted octanol–water partition coefficient (Wildman–Crippen LogP) is 2.23. The number of benzene rings is 1. The van der Waals surface area contributed by atoms with Crippen LogP contribution in [-0.4, -0.2) is 24.5 Å². The van der Waals surface area contributed by atoms with Crippen molar-refractivity contribution in [3.05, 3.63) is 53.3 Å². The van der Waals surface area contributed by atoms with Crippen LogP contribution in [0, 0.1) is 0 Å². The van der Waals surface area contributed by atoms with Gasteiger partial charge < -0.3 is 5.11 Å². The summed E-state index contributed by atoms with van der Waals surface area (Å²) in [5.74, 6) is -1.35. The number of carbonyl (C=O) groups is 1. The Morgan fingerprint density at radius 3 is 2.50 bits per heavy atom. The fourth-order valence-corrected chi connectivity index (χ4v) is 2.66. The van der Waals surface area contributed by atoms with Crippen LogP contribution in [0.4, 0.5) is 5.69 Å². The van der Waals surface area contributed by atoms with Crippen molar-refractivity contribution in [1.82, 2.24) is 4.98 Å². The molecule has 8 heteroatoms. The lowest BCUT2D eigenvalue weighted by Gasteiger charge is -2.08. The Morgan fingerprint density at radius 2 is 1.90 bits per heavy atom. The quantitative estimate of drug-likeness (QED) is 0.844. The van der Waals surface area contributed by atoms with Crippen molar-refractivity contribution in [2.45, 2.75) is 4.90 Å². The van der Waals surface area contributed by atoms with Gasteiger partial charge in [0.15, 0.2) is 0 Å². The molecule has 1 heterocycles. The van der Waals surface area contributed by atoms with Crippen molar-refractivity contribution < 1.29 is 18.3 Å². The molecule has 0 saturated heterocycles. The van der Waals surface area contributed by atoms with Gasteiger partial charge in [-0.1, -0.05) is 29.8 Å². The summed E-state index contributed by atoms with van der Waals surface area (Å²) in [7, 11) is -3.92. The maximum Gasteiger partial charge on any atom is 0.338 e. The standard InChI is InChI=1S/C12H9ClN2O4S/c13-11-10(12(16)17)6-9(7-14-11)20(18,19)15-8-4-2-1-3-5-8/h1-7,15H,(H,16,17). The first kappa shape index (κ1) is 14.3. The molecule has 2 rings (SSSR count). The lowest BCUT2D eigenvalue weighted by Crippen LogP contribution is -2.14. The van der Waals surface area contributed by atoms with E-state index >= 15 is 0 Å². The number of aromatic nitrogens is 1. The maximum atomic E-state index is 12.1. The smallest absolute Gasteiger partial charge is 0.338 e. The zero-order valence-corrected chi connectivity index (χ0v) is 11.5. The normalized spacial score (nSPS) is 11.1. The molecule has 0 saturated carbocycles. The van der Waals surface area contributed by atoms with E-state index in [0.717, 1.165) is 12.3 Å². The predicted molar refractivity (Wildman–Crippen MR) is 73.5 cm³/mol. The van der Waals surface area contributed by atoms with Gasteiger partial charge in [0.05, 0.1) is 5.56 Å². The number of carboxylic acids is 1. The van der Waals surface area contributed by atoms with Gasteiger partial charge in [0.2, 0.25) is 0 Å². The first-order chi connectivity index (χ1) is 9.40. The summed E-state index contributed by atoms with van der Waals surface area (Å²) in [5, 5.41) is 8.64. The molecule has 0 bridgehead atoms. The van der Waals surface area contributed by atoms with E-state index in [9.17, 15) is 13.2 Å². The SMILES string of the molecule is O=C(O)c1cc(S(=O)(=O)Nc2ccccc2)cnc1Cl. The van der Waals surface area contributed by atoms with Gasteiger partial charge in [-0.3, -0.25) is 4.72 Å². The lowest BCUT2D eigenvalue weighted by molar-refractivity contribution is 0.0696. The molecular weight excluding hydrogens is 304 g/mol. The number of rotatable bonds is 4. The van der Waals surface area contributed by atoms with Crippen LogP contribution < -0.4 is 4.72 Å². The molecule has 0 aliphatic rings. The van der Waals surface area contributed by atoms with Gasteiger partial charge in [0, 0.05) is 11.9 Å². The van der Waals surface area contributed by atoms with E-state index in [-0.39, 0.29) is 15.6 Å². The van der Waals surface area contributed by atoms with Crippen LogP contribution in [0.15, 0.2) is 47.5 Å². The topological polar surface area (TPSA) is 96.4 Å². The molecule has 2 N–H and O–H groups in total. The Bertz CT molecular complexity index is 747. The number of aromatic carboxylic acids is 1. The van der Waals surface area contributed by atoms with E-state index < -0.39 is 16.0 Å². The monoisotopic (exact) mass is 312 g/mol. The van der Waals surface area contributed by atoms with Crippen LogP contribution in [0.5, 0.6) is 0 Å². The summed E-state index contributed by atoms with van der Waals surface area (Å²) >= 11 is 5.59. The highest BCUT2D eigenvalue weighted by atomic mass is 35.5. The molecule has 1 aromatic heterocycles. The first-order valence-electron chi connectivity index (χ1n) is 5.37. The molecule has 0 unspecified atom stereocenters. The van der Waals surface area contributed by atoms with Crippen LogP contribution >= 0.6 is 11.6 Å². The summed E-state index contributed by atoms with van der Waals surface area (Å²) in [6, 6.07) is 9.17. The van der Waals surface area contributed by atoms with E-state index in [1.54, 1.807) is 30.3 Å². The van der Waals surface area contributed by atoms with Gasteiger partial charge in [0.1, 0.15) is 10.0 Å². The third kappa shape index (κ3) is 3.06. The molecule has 0 aliphatic heterocycles. The average molecular weight is 313 g/mol. The second kappa shape index (κ2) is 5.48. The van der Waals surface area contributed by atoms with Crippen LogP contribution in [0.25, 0.3) is 0 Å². The van der Waals surface area contributed by atoms with Crippen molar-refractivity contribution in [2.24, 2.45) is 0 Å². The number of halogens is 1. The summed E-state index contributed by atoms with van der Waals surface area (Å²) in [4.78, 5) is 14.2. The summed E-state index contributed by atoms with van der Waals surface area (Å²) in [6.07, 6.45) is 1.00. The molecule has 6 nitrogen and oxygen atoms in total. The highest BCUT2D eigenvalue weighted by Gasteiger charge is 2.19. The van der Waals surface area contributed by atoms with Gasteiger partial charge in [-0.25, -0.2) is 18.2 Å². The molecule has 0 radical (unpaired) electrons. The Kier molecular flexibility index (Phi) is 3.91. The van der Waals surface area contributed by atoms with Crippen LogP contribution in [-0.2, 0) is 10.0 Å². The van der Waals surface area contributed by atoms with E-state index in [0.29, 0.717) is 5.69 Å². The summed E-state index contributed by atoms with van der Waals surface area (Å²) in [5.41, 5.74) is -0.0121. The zero-order valence-electron chi connectivity index (χ0n) is 9.95. The van der Waals surface area contributed by atoms with E-state index in [4.69, 9.17) is 16.7 Å². The molecule has 1 aromatic carbocycles. The molecule has 104 valence electrons. The van der Waals surface area contributed by atoms with Crippen molar-refractivity contribution in [3.8, 4) is 0 Å². The van der Waals surface area contributed by atoms with E-state index in [2.05, 4.69) is 9.71 Å². The molecular formula is C12H9ClN2O4S. The van der Waals surface area contributed by atoms with E-state index in [1.165, 1.54) is 0 Å². The number of hydrogen-bond donors (Lipinski definition) is 2. The van der Waals surface area contributed by atoms with Crippen molar-refractivity contribution in [2.75, 3.05) is 4.72 Å². The second-order valence-electron chi connectivity index (χ2n) is 3.79. The third-order valence-corrected chi connectivity index (χ3v) is 4.03. The average Bonchev–Trinajstić information content (AvgIpc) is 2.39. The highest BCUT2D eigenvalue weighted by molar-refractivity contribution is 7.92. The van der Waals surface area contributed by atoms with Gasteiger partial charge in [-0.05, 0) is 18.2 Å². The molecule has 0 atom stereocenters. The minimum absolute atomic E-state index is 0.267. The number of nitrogens with one attached hydrogen (secondary N) is 1. The number of anilines is 1. The molecule has 0 amide bonds. The van der Waals surface area contributed by atoms with Gasteiger partial charge in [-0.15, -0.1) is 0 Å². The Balaban J connectivity index is 2.40. The van der Waals surface area contributed by atoms with Crippen LogP contribution in [0.1, 0.15) is 10.4 Å². The fourth-order valence-electron chi connectivity index (χ4n) is 1.45. The van der Waals surface area contributed by atoms with E-state index in [1.807, 2.05) is 0 Å². The lowest BCUT2D eigenvalue weighted by atomic mass is 10.3. The Labute approximate surface area is 120 Å². The molecule has 0 fully saturated rings. The molecule has 2 aromatic rings. The van der Waals surface area contributed by atoms with Gasteiger partial charge in [-0.2, -0.15) is 0 Å². The highest BCUT2D eigenvalue weighted by Crippen LogP contribution is 2.20. The number of para-hydroxylation sites is 1. The number of pyridine rings is 1. The third-order valence-electron chi connectivity index (χ3n) is 2.38. The van der Waals surface area contributed by atoms with Crippen molar-refractivity contribution in [1.29, 1.82) is 0 Å².